The molecule has 1 aliphatic heterocycles. The average Bonchev–Trinajstić information content (AvgIpc) is 3.47. The number of rotatable bonds is 5. The van der Waals surface area contributed by atoms with E-state index in [0.717, 1.165) is 28.9 Å². The van der Waals surface area contributed by atoms with Gasteiger partial charge in [0.15, 0.2) is 6.29 Å². The minimum absolute atomic E-state index is 0.400. The molecule has 0 amide bonds. The number of aldehydes is 1. The largest absolute Gasteiger partial charge is 0.367 e. The third-order valence-corrected chi connectivity index (χ3v) is 5.04. The first-order valence-electron chi connectivity index (χ1n) is 9.35. The second kappa shape index (κ2) is 7.08. The van der Waals surface area contributed by atoms with Crippen molar-refractivity contribution < 1.29 is 9.18 Å². The van der Waals surface area contributed by atoms with Gasteiger partial charge in [-0.1, -0.05) is 5.21 Å². The number of carbonyl (C=O) groups is 1. The van der Waals surface area contributed by atoms with Gasteiger partial charge in [0.05, 0.1) is 30.3 Å². The lowest BCUT2D eigenvalue weighted by molar-refractivity contribution is 0.112. The monoisotopic (exact) mass is 391 g/mol. The molecule has 0 spiro atoms. The number of anilines is 1. The van der Waals surface area contributed by atoms with Gasteiger partial charge in [-0.2, -0.15) is 0 Å². The van der Waals surface area contributed by atoms with Crippen molar-refractivity contribution in [1.29, 1.82) is 0 Å². The Balaban J connectivity index is 1.36. The minimum atomic E-state index is -0.785. The van der Waals surface area contributed by atoms with Crippen LogP contribution in [0.15, 0.2) is 49.2 Å². The van der Waals surface area contributed by atoms with Crippen LogP contribution in [0.3, 0.4) is 0 Å². The molecule has 1 aliphatic rings. The normalized spacial score (nSPS) is 16.6. The molecule has 0 radical (unpaired) electrons. The fourth-order valence-electron chi connectivity index (χ4n) is 3.57. The summed E-state index contributed by atoms with van der Waals surface area (Å²) in [6.45, 7) is 1.55. The molecule has 4 aromatic heterocycles. The highest BCUT2D eigenvalue weighted by Crippen LogP contribution is 2.25. The molecule has 0 aromatic carbocycles. The number of carbonyl (C=O) groups excluding carboxylic acids is 1. The van der Waals surface area contributed by atoms with Crippen LogP contribution >= 0.6 is 0 Å². The summed E-state index contributed by atoms with van der Waals surface area (Å²) in [5, 5.41) is 8.44. The van der Waals surface area contributed by atoms with Crippen LogP contribution in [0.2, 0.25) is 0 Å². The number of hydrogen-bond donors (Lipinski definition) is 0. The molecule has 0 saturated carbocycles. The minimum Gasteiger partial charge on any atom is -0.367 e. The Bertz CT molecular complexity index is 1180. The Kier molecular flexibility index (Phi) is 4.27. The molecule has 5 heterocycles. The van der Waals surface area contributed by atoms with Gasteiger partial charge in [0.2, 0.25) is 0 Å². The number of pyridine rings is 2. The lowest BCUT2D eigenvalue weighted by Gasteiger charge is -2.17. The van der Waals surface area contributed by atoms with E-state index >= 15 is 0 Å². The van der Waals surface area contributed by atoms with Crippen molar-refractivity contribution in [1.82, 2.24) is 29.4 Å². The van der Waals surface area contributed by atoms with Crippen molar-refractivity contribution in [3.8, 4) is 11.3 Å². The molecule has 1 atom stereocenters. The van der Waals surface area contributed by atoms with Crippen LogP contribution in [0.25, 0.3) is 16.9 Å². The molecule has 29 heavy (non-hydrogen) atoms. The van der Waals surface area contributed by atoms with Crippen molar-refractivity contribution in [2.75, 3.05) is 18.0 Å². The van der Waals surface area contributed by atoms with Crippen LogP contribution in [-0.4, -0.2) is 54.9 Å². The highest BCUT2D eigenvalue weighted by molar-refractivity contribution is 5.74. The van der Waals surface area contributed by atoms with Crippen molar-refractivity contribution in [2.45, 2.75) is 19.1 Å². The summed E-state index contributed by atoms with van der Waals surface area (Å²) in [5.41, 5.74) is 4.59. The summed E-state index contributed by atoms with van der Waals surface area (Å²) in [6.07, 6.45) is 9.49. The first kappa shape index (κ1) is 17.5. The fraction of sp³-hybridized carbons (Fsp3) is 0.250. The van der Waals surface area contributed by atoms with Gasteiger partial charge in [-0.3, -0.25) is 9.78 Å². The van der Waals surface area contributed by atoms with Gasteiger partial charge >= 0.3 is 0 Å². The third kappa shape index (κ3) is 3.46. The molecule has 4 aromatic rings. The predicted molar refractivity (Wildman–Crippen MR) is 105 cm³/mol. The first-order valence-corrected chi connectivity index (χ1v) is 9.35. The molecule has 8 nitrogen and oxygen atoms in total. The van der Waals surface area contributed by atoms with Gasteiger partial charge in [-0.15, -0.1) is 5.10 Å². The van der Waals surface area contributed by atoms with Crippen molar-refractivity contribution in [2.24, 2.45) is 0 Å². The van der Waals surface area contributed by atoms with E-state index in [9.17, 15) is 9.18 Å². The summed E-state index contributed by atoms with van der Waals surface area (Å²) < 4.78 is 17.0. The van der Waals surface area contributed by atoms with Gasteiger partial charge in [-0.25, -0.2) is 14.1 Å². The van der Waals surface area contributed by atoms with E-state index < -0.39 is 6.17 Å². The number of halogens is 1. The van der Waals surface area contributed by atoms with Crippen LogP contribution in [0.5, 0.6) is 0 Å². The number of nitrogens with zero attached hydrogens (tertiary/aromatic N) is 7. The molecule has 0 N–H and O–H groups in total. The van der Waals surface area contributed by atoms with Gasteiger partial charge in [0, 0.05) is 42.8 Å². The van der Waals surface area contributed by atoms with Crippen molar-refractivity contribution in [3.63, 3.8) is 0 Å². The van der Waals surface area contributed by atoms with Crippen LogP contribution in [0.1, 0.15) is 22.5 Å². The lowest BCUT2D eigenvalue weighted by atomic mass is 10.2. The number of aromatic nitrogens is 6. The third-order valence-electron chi connectivity index (χ3n) is 5.04. The van der Waals surface area contributed by atoms with E-state index in [1.807, 2.05) is 27.8 Å². The Morgan fingerprint density at radius 3 is 2.97 bits per heavy atom. The quantitative estimate of drug-likeness (QED) is 0.486. The average molecular weight is 391 g/mol. The van der Waals surface area contributed by atoms with E-state index in [1.165, 1.54) is 0 Å². The maximum atomic E-state index is 13.5. The maximum Gasteiger partial charge on any atom is 0.151 e. The molecule has 0 bridgehead atoms. The van der Waals surface area contributed by atoms with Crippen LogP contribution in [0.4, 0.5) is 10.1 Å². The number of imidazole rings is 1. The Morgan fingerprint density at radius 2 is 2.14 bits per heavy atom. The molecule has 146 valence electrons. The molecular formula is C20H18FN7O. The zero-order valence-corrected chi connectivity index (χ0v) is 15.5. The van der Waals surface area contributed by atoms with E-state index in [4.69, 9.17) is 0 Å². The maximum absolute atomic E-state index is 13.5. The van der Waals surface area contributed by atoms with Gasteiger partial charge in [0.25, 0.3) is 0 Å². The fourth-order valence-corrected chi connectivity index (χ4v) is 3.57. The second-order valence-electron chi connectivity index (χ2n) is 7.14. The van der Waals surface area contributed by atoms with E-state index in [2.05, 4.69) is 20.3 Å². The zero-order chi connectivity index (χ0) is 19.8. The van der Waals surface area contributed by atoms with Gasteiger partial charge < -0.3 is 9.30 Å². The smallest absolute Gasteiger partial charge is 0.151 e. The number of alkyl halides is 1. The molecule has 5 rings (SSSR count). The van der Waals surface area contributed by atoms with Crippen LogP contribution < -0.4 is 4.90 Å². The van der Waals surface area contributed by atoms with Gasteiger partial charge in [0.1, 0.15) is 17.5 Å². The molecule has 9 heteroatoms. The van der Waals surface area contributed by atoms with Crippen molar-refractivity contribution in [3.05, 3.63) is 60.4 Å². The van der Waals surface area contributed by atoms with Crippen LogP contribution in [-0.2, 0) is 6.54 Å². The van der Waals surface area contributed by atoms with E-state index in [-0.39, 0.29) is 0 Å². The molecular weight excluding hydrogens is 373 g/mol. The summed E-state index contributed by atoms with van der Waals surface area (Å²) in [5.74, 6) is 0. The van der Waals surface area contributed by atoms with Gasteiger partial charge in [-0.05, 0) is 24.6 Å². The topological polar surface area (TPSA) is 81.2 Å². The van der Waals surface area contributed by atoms with E-state index in [1.54, 1.807) is 35.4 Å². The van der Waals surface area contributed by atoms with E-state index in [0.29, 0.717) is 37.3 Å². The highest BCUT2D eigenvalue weighted by Gasteiger charge is 2.22. The standard InChI is InChI=1S/C20H18FN7O/c21-16-3-4-26(9-16)18-5-15(6-22-7-18)19-12-28(25-24-19)11-17-10-27-8-14(13-29)1-2-20(27)23-17/h1-2,5-8,10,12-13,16H,3-4,9,11H2. The summed E-state index contributed by atoms with van der Waals surface area (Å²) in [7, 11) is 0. The molecule has 1 unspecified atom stereocenters. The SMILES string of the molecule is O=Cc1ccc2nc(Cn3cc(-c4cncc(N5CCC(F)C5)c4)nn3)cn2c1. The molecule has 0 aliphatic carbocycles. The van der Waals surface area contributed by atoms with Crippen molar-refractivity contribution >= 4 is 17.6 Å². The Labute approximate surface area is 165 Å². The molecule has 1 saturated heterocycles. The summed E-state index contributed by atoms with van der Waals surface area (Å²) in [4.78, 5) is 21.7. The lowest BCUT2D eigenvalue weighted by Crippen LogP contribution is -2.20. The number of hydrogen-bond acceptors (Lipinski definition) is 6. The Morgan fingerprint density at radius 1 is 1.21 bits per heavy atom. The number of fused-ring (bicyclic) bond motifs is 1. The Hall–Kier alpha value is -3.62. The first-order chi connectivity index (χ1) is 14.2. The summed E-state index contributed by atoms with van der Waals surface area (Å²) in [6, 6.07) is 5.50. The molecule has 1 fully saturated rings. The van der Waals surface area contributed by atoms with Crippen LogP contribution in [0, 0.1) is 0 Å². The second-order valence-corrected chi connectivity index (χ2v) is 7.14. The zero-order valence-electron chi connectivity index (χ0n) is 15.5. The summed E-state index contributed by atoms with van der Waals surface area (Å²) >= 11 is 0. The highest BCUT2D eigenvalue weighted by atomic mass is 19.1. The predicted octanol–water partition coefficient (Wildman–Crippen LogP) is 2.40.